The number of nitrogens with two attached hydrogens (primary N) is 1. The van der Waals surface area contributed by atoms with Crippen molar-refractivity contribution in [2.24, 2.45) is 11.7 Å². The maximum atomic E-state index is 12.6. The largest absolute Gasteiger partial charge is 0.351 e. The zero-order valence-electron chi connectivity index (χ0n) is 15.1. The maximum Gasteiger partial charge on any atom is 0.241 e. The third-order valence-electron chi connectivity index (χ3n) is 3.72. The Labute approximate surface area is 145 Å². The van der Waals surface area contributed by atoms with E-state index in [1.54, 1.807) is 39.0 Å². The summed E-state index contributed by atoms with van der Waals surface area (Å²) in [6.07, 6.45) is 0.801. The highest BCUT2D eigenvalue weighted by molar-refractivity contribution is 7.89. The van der Waals surface area contributed by atoms with Crippen LogP contribution in [0.5, 0.6) is 0 Å². The van der Waals surface area contributed by atoms with Crippen LogP contribution >= 0.6 is 0 Å². The molecule has 7 heteroatoms. The van der Waals surface area contributed by atoms with Gasteiger partial charge in [-0.25, -0.2) is 13.1 Å². The minimum absolute atomic E-state index is 0.0616. The van der Waals surface area contributed by atoms with Crippen molar-refractivity contribution in [2.45, 2.75) is 64.1 Å². The maximum absolute atomic E-state index is 12.6. The number of rotatable bonds is 7. The first-order valence-corrected chi connectivity index (χ1v) is 9.61. The molecular weight excluding hydrogens is 326 g/mol. The van der Waals surface area contributed by atoms with E-state index in [1.165, 1.54) is 6.07 Å². The molecule has 0 aliphatic carbocycles. The highest BCUT2D eigenvalue weighted by atomic mass is 32.2. The monoisotopic (exact) mass is 355 g/mol. The molecule has 0 bridgehead atoms. The molecular formula is C17H29N3O3S. The second kappa shape index (κ2) is 8.09. The zero-order chi connectivity index (χ0) is 18.5. The summed E-state index contributed by atoms with van der Waals surface area (Å²) >= 11 is 0. The Hall–Kier alpha value is -1.44. The number of hydrogen-bond acceptors (Lipinski definition) is 4. The molecule has 0 saturated carbocycles. The van der Waals surface area contributed by atoms with Gasteiger partial charge < -0.3 is 11.1 Å². The Morgan fingerprint density at radius 3 is 2.38 bits per heavy atom. The molecule has 2 atom stereocenters. The molecule has 2 unspecified atom stereocenters. The molecule has 1 rings (SSSR count). The third-order valence-corrected chi connectivity index (χ3v) is 5.57. The Kier molecular flexibility index (Phi) is 6.95. The normalized spacial score (nSPS) is 14.9. The lowest BCUT2D eigenvalue weighted by atomic mass is 9.99. The number of carbonyl (C=O) groups excluding carboxylic acids is 1. The second-order valence-corrected chi connectivity index (χ2v) is 8.74. The summed E-state index contributed by atoms with van der Waals surface area (Å²) in [5, 5.41) is 2.73. The van der Waals surface area contributed by atoms with Gasteiger partial charge in [-0.05, 0) is 38.3 Å². The standard InChI is InChI=1S/C17H29N3O3S/c1-6-12(2)15(18)16(21)19-11-13-9-7-8-10-14(13)24(22,23)20-17(3,4)5/h7-10,12,15,20H,6,11,18H2,1-5H3,(H,19,21). The van der Waals surface area contributed by atoms with Gasteiger partial charge in [0, 0.05) is 12.1 Å². The van der Waals surface area contributed by atoms with Crippen molar-refractivity contribution in [2.75, 3.05) is 0 Å². The molecule has 0 fully saturated rings. The number of sulfonamides is 1. The molecule has 1 aromatic rings. The number of hydrogen-bond donors (Lipinski definition) is 3. The van der Waals surface area contributed by atoms with Crippen LogP contribution in [-0.2, 0) is 21.4 Å². The predicted octanol–water partition coefficient (Wildman–Crippen LogP) is 1.75. The van der Waals surface area contributed by atoms with Crippen LogP contribution in [0.15, 0.2) is 29.2 Å². The van der Waals surface area contributed by atoms with E-state index in [2.05, 4.69) is 10.0 Å². The summed E-state index contributed by atoms with van der Waals surface area (Å²) in [5.74, 6) is -0.216. The molecule has 1 aromatic carbocycles. The number of carbonyl (C=O) groups is 1. The molecule has 0 spiro atoms. The SMILES string of the molecule is CCC(C)C(N)C(=O)NCc1ccccc1S(=O)(=O)NC(C)(C)C. The predicted molar refractivity (Wildman–Crippen MR) is 95.8 cm³/mol. The minimum Gasteiger partial charge on any atom is -0.351 e. The Morgan fingerprint density at radius 2 is 1.83 bits per heavy atom. The topological polar surface area (TPSA) is 101 Å². The van der Waals surface area contributed by atoms with Crippen LogP contribution in [0.4, 0.5) is 0 Å². The van der Waals surface area contributed by atoms with Crippen molar-refractivity contribution >= 4 is 15.9 Å². The highest BCUT2D eigenvalue weighted by Gasteiger charge is 2.25. The third kappa shape index (κ3) is 5.89. The van der Waals surface area contributed by atoms with Crippen LogP contribution in [-0.4, -0.2) is 25.9 Å². The summed E-state index contributed by atoms with van der Waals surface area (Å²) in [5.41, 5.74) is 5.84. The summed E-state index contributed by atoms with van der Waals surface area (Å²) < 4.78 is 27.7. The van der Waals surface area contributed by atoms with Crippen LogP contribution in [0, 0.1) is 5.92 Å². The van der Waals surface area contributed by atoms with Gasteiger partial charge in [-0.15, -0.1) is 0 Å². The number of benzene rings is 1. The molecule has 4 N–H and O–H groups in total. The fourth-order valence-corrected chi connectivity index (χ4v) is 3.84. The Morgan fingerprint density at radius 1 is 1.25 bits per heavy atom. The molecule has 6 nitrogen and oxygen atoms in total. The van der Waals surface area contributed by atoms with Gasteiger partial charge in [-0.1, -0.05) is 38.5 Å². The summed E-state index contributed by atoms with van der Waals surface area (Å²) in [4.78, 5) is 12.3. The van der Waals surface area contributed by atoms with Crippen LogP contribution in [0.25, 0.3) is 0 Å². The van der Waals surface area contributed by atoms with E-state index in [1.807, 2.05) is 13.8 Å². The van der Waals surface area contributed by atoms with Gasteiger partial charge >= 0.3 is 0 Å². The van der Waals surface area contributed by atoms with Gasteiger partial charge in [0.25, 0.3) is 0 Å². The van der Waals surface area contributed by atoms with Crippen molar-refractivity contribution in [3.05, 3.63) is 29.8 Å². The summed E-state index contributed by atoms with van der Waals surface area (Å²) in [6, 6.07) is 6.02. The molecule has 0 heterocycles. The lowest BCUT2D eigenvalue weighted by molar-refractivity contribution is -0.123. The van der Waals surface area contributed by atoms with Crippen LogP contribution in [0.1, 0.15) is 46.6 Å². The first-order chi connectivity index (χ1) is 11.0. The molecule has 0 aliphatic rings. The van der Waals surface area contributed by atoms with E-state index < -0.39 is 21.6 Å². The number of amides is 1. The fraction of sp³-hybridized carbons (Fsp3) is 0.588. The van der Waals surface area contributed by atoms with Crippen molar-refractivity contribution in [3.63, 3.8) is 0 Å². The van der Waals surface area contributed by atoms with E-state index in [0.29, 0.717) is 5.56 Å². The van der Waals surface area contributed by atoms with Crippen LogP contribution < -0.4 is 15.8 Å². The molecule has 0 aromatic heterocycles. The van der Waals surface area contributed by atoms with Gasteiger partial charge in [-0.3, -0.25) is 4.79 Å². The molecule has 1 amide bonds. The van der Waals surface area contributed by atoms with Crippen LogP contribution in [0.2, 0.25) is 0 Å². The van der Waals surface area contributed by atoms with Gasteiger partial charge in [0.2, 0.25) is 15.9 Å². The molecule has 0 aliphatic heterocycles. The Balaban J connectivity index is 2.94. The minimum atomic E-state index is -3.67. The summed E-state index contributed by atoms with van der Waals surface area (Å²) in [7, 11) is -3.67. The van der Waals surface area contributed by atoms with Crippen molar-refractivity contribution in [1.82, 2.24) is 10.0 Å². The molecule has 136 valence electrons. The van der Waals surface area contributed by atoms with E-state index in [-0.39, 0.29) is 23.3 Å². The Bertz CT molecular complexity index is 666. The van der Waals surface area contributed by atoms with E-state index in [4.69, 9.17) is 5.73 Å². The number of nitrogens with one attached hydrogen (secondary N) is 2. The van der Waals surface area contributed by atoms with Crippen molar-refractivity contribution in [1.29, 1.82) is 0 Å². The van der Waals surface area contributed by atoms with Crippen LogP contribution in [0.3, 0.4) is 0 Å². The molecule has 0 saturated heterocycles. The summed E-state index contributed by atoms with van der Waals surface area (Å²) in [6.45, 7) is 9.33. The second-order valence-electron chi connectivity index (χ2n) is 7.09. The van der Waals surface area contributed by atoms with E-state index in [0.717, 1.165) is 6.42 Å². The highest BCUT2D eigenvalue weighted by Crippen LogP contribution is 2.18. The van der Waals surface area contributed by atoms with E-state index >= 15 is 0 Å². The lowest BCUT2D eigenvalue weighted by Gasteiger charge is -2.22. The average molecular weight is 356 g/mol. The first kappa shape index (κ1) is 20.6. The zero-order valence-corrected chi connectivity index (χ0v) is 15.9. The molecule has 24 heavy (non-hydrogen) atoms. The van der Waals surface area contributed by atoms with Crippen molar-refractivity contribution in [3.8, 4) is 0 Å². The quantitative estimate of drug-likeness (QED) is 0.693. The van der Waals surface area contributed by atoms with Gasteiger partial charge in [0.1, 0.15) is 0 Å². The first-order valence-electron chi connectivity index (χ1n) is 8.13. The smallest absolute Gasteiger partial charge is 0.241 e. The van der Waals surface area contributed by atoms with Gasteiger partial charge in [0.05, 0.1) is 10.9 Å². The van der Waals surface area contributed by atoms with Gasteiger partial charge in [-0.2, -0.15) is 0 Å². The van der Waals surface area contributed by atoms with Gasteiger partial charge in [0.15, 0.2) is 0 Å². The lowest BCUT2D eigenvalue weighted by Crippen LogP contribution is -2.44. The van der Waals surface area contributed by atoms with Crippen molar-refractivity contribution < 1.29 is 13.2 Å². The fourth-order valence-electron chi connectivity index (χ4n) is 2.18. The van der Waals surface area contributed by atoms with E-state index in [9.17, 15) is 13.2 Å². The average Bonchev–Trinajstić information content (AvgIpc) is 2.49. The molecule has 0 radical (unpaired) electrons.